The van der Waals surface area contributed by atoms with Gasteiger partial charge in [0, 0.05) is 12.0 Å². The molecule has 0 saturated heterocycles. The second kappa shape index (κ2) is 5.39. The maximum atomic E-state index is 13.5. The van der Waals surface area contributed by atoms with E-state index in [-0.39, 0.29) is 11.3 Å². The number of hydrogen-bond acceptors (Lipinski definition) is 4. The molecule has 0 fully saturated rings. The first kappa shape index (κ1) is 12.9. The molecule has 0 N–H and O–H groups in total. The molecule has 1 aromatic rings. The van der Waals surface area contributed by atoms with Crippen LogP contribution in [0.1, 0.15) is 18.9 Å². The van der Waals surface area contributed by atoms with E-state index in [4.69, 9.17) is 0 Å². The van der Waals surface area contributed by atoms with E-state index in [9.17, 15) is 13.6 Å². The fourth-order valence-corrected chi connectivity index (χ4v) is 2.18. The minimum absolute atomic E-state index is 0.0353. The Morgan fingerprint density at radius 1 is 1.39 bits per heavy atom. The number of ketones is 1. The van der Waals surface area contributed by atoms with Crippen molar-refractivity contribution in [3.05, 3.63) is 35.4 Å². The summed E-state index contributed by atoms with van der Waals surface area (Å²) in [6.07, 6.45) is 0.332. The van der Waals surface area contributed by atoms with Crippen LogP contribution in [0, 0.1) is 11.6 Å². The Bertz CT molecular complexity index is 555. The summed E-state index contributed by atoms with van der Waals surface area (Å²) < 4.78 is 26.6. The third-order valence-electron chi connectivity index (χ3n) is 2.31. The van der Waals surface area contributed by atoms with Gasteiger partial charge in [-0.05, 0) is 19.1 Å². The van der Waals surface area contributed by atoms with Crippen LogP contribution >= 0.6 is 11.8 Å². The Balaban J connectivity index is 2.07. The van der Waals surface area contributed by atoms with Gasteiger partial charge in [-0.15, -0.1) is 16.9 Å². The van der Waals surface area contributed by atoms with Crippen molar-refractivity contribution in [2.45, 2.75) is 13.3 Å². The minimum Gasteiger partial charge on any atom is -0.299 e. The molecule has 1 aromatic carbocycles. The molecule has 0 aliphatic carbocycles. The lowest BCUT2D eigenvalue weighted by Gasteiger charge is -2.03. The molecule has 1 aliphatic rings. The Kier molecular flexibility index (Phi) is 3.86. The van der Waals surface area contributed by atoms with Crippen molar-refractivity contribution in [2.75, 3.05) is 5.75 Å². The molecule has 0 radical (unpaired) electrons. The van der Waals surface area contributed by atoms with Gasteiger partial charge >= 0.3 is 0 Å². The highest BCUT2D eigenvalue weighted by atomic mass is 32.2. The molecule has 2 rings (SSSR count). The topological polar surface area (TPSA) is 41.8 Å². The Labute approximate surface area is 107 Å². The van der Waals surface area contributed by atoms with Crippen LogP contribution in [0.25, 0.3) is 0 Å². The SMILES string of the molecule is CC(=O)CSC1=NN=C(c2cccc(F)c2F)C1. The lowest BCUT2D eigenvalue weighted by Crippen LogP contribution is -2.07. The fourth-order valence-electron chi connectivity index (χ4n) is 1.47. The number of benzene rings is 1. The molecule has 0 saturated carbocycles. The summed E-state index contributed by atoms with van der Waals surface area (Å²) in [5.41, 5.74) is 0.509. The van der Waals surface area contributed by atoms with E-state index < -0.39 is 11.6 Å². The highest BCUT2D eigenvalue weighted by molar-refractivity contribution is 8.14. The minimum atomic E-state index is -0.913. The van der Waals surface area contributed by atoms with Crippen LogP contribution in [0.5, 0.6) is 0 Å². The molecule has 0 unspecified atom stereocenters. The highest BCUT2D eigenvalue weighted by Gasteiger charge is 2.19. The molecule has 0 atom stereocenters. The number of carbonyl (C=O) groups is 1. The van der Waals surface area contributed by atoms with E-state index in [1.165, 1.54) is 30.8 Å². The third kappa shape index (κ3) is 2.81. The smallest absolute Gasteiger partial charge is 0.167 e. The Morgan fingerprint density at radius 3 is 2.89 bits per heavy atom. The van der Waals surface area contributed by atoms with Crippen LogP contribution < -0.4 is 0 Å². The largest absolute Gasteiger partial charge is 0.299 e. The maximum Gasteiger partial charge on any atom is 0.167 e. The number of nitrogens with zero attached hydrogens (tertiary/aromatic N) is 2. The standard InChI is InChI=1S/C12H10F2N2OS/c1-7(17)6-18-11-5-10(15-16-11)8-3-2-4-9(13)12(8)14/h2-4H,5-6H2,1H3. The number of halogens is 2. The average Bonchev–Trinajstić information content (AvgIpc) is 2.78. The highest BCUT2D eigenvalue weighted by Crippen LogP contribution is 2.21. The van der Waals surface area contributed by atoms with Gasteiger partial charge in [-0.1, -0.05) is 6.07 Å². The van der Waals surface area contributed by atoms with Crippen molar-refractivity contribution >= 4 is 28.3 Å². The van der Waals surface area contributed by atoms with Crippen LogP contribution in [-0.2, 0) is 4.79 Å². The first-order valence-electron chi connectivity index (χ1n) is 5.28. The molecular weight excluding hydrogens is 258 g/mol. The summed E-state index contributed by atoms with van der Waals surface area (Å²) in [6, 6.07) is 3.95. The number of rotatable bonds is 3. The number of thioether (sulfide) groups is 1. The fraction of sp³-hybridized carbons (Fsp3) is 0.250. The van der Waals surface area contributed by atoms with E-state index in [0.717, 1.165) is 6.07 Å². The van der Waals surface area contributed by atoms with Crippen molar-refractivity contribution in [3.63, 3.8) is 0 Å². The molecule has 0 aromatic heterocycles. The summed E-state index contributed by atoms with van der Waals surface area (Å²) in [5.74, 6) is -1.47. The summed E-state index contributed by atoms with van der Waals surface area (Å²) in [5, 5.41) is 8.34. The summed E-state index contributed by atoms with van der Waals surface area (Å²) in [7, 11) is 0. The lowest BCUT2D eigenvalue weighted by molar-refractivity contribution is -0.114. The number of Topliss-reactive ketones (excluding diaryl/α,β-unsaturated/α-hetero) is 1. The molecule has 1 heterocycles. The normalized spacial score (nSPS) is 14.4. The van der Waals surface area contributed by atoms with Crippen LogP contribution in [0.4, 0.5) is 8.78 Å². The predicted molar refractivity (Wildman–Crippen MR) is 68.1 cm³/mol. The van der Waals surface area contributed by atoms with E-state index in [0.29, 0.717) is 22.9 Å². The molecule has 0 amide bonds. The van der Waals surface area contributed by atoms with Crippen LogP contribution in [0.3, 0.4) is 0 Å². The van der Waals surface area contributed by atoms with Gasteiger partial charge < -0.3 is 0 Å². The Morgan fingerprint density at radius 2 is 2.17 bits per heavy atom. The maximum absolute atomic E-state index is 13.5. The van der Waals surface area contributed by atoms with Crippen LogP contribution in [0.2, 0.25) is 0 Å². The monoisotopic (exact) mass is 268 g/mol. The van der Waals surface area contributed by atoms with Gasteiger partial charge in [-0.3, -0.25) is 4.79 Å². The molecule has 1 aliphatic heterocycles. The van der Waals surface area contributed by atoms with Crippen molar-refractivity contribution in [2.24, 2.45) is 10.2 Å². The second-order valence-electron chi connectivity index (χ2n) is 3.81. The van der Waals surface area contributed by atoms with Gasteiger partial charge in [0.15, 0.2) is 11.6 Å². The van der Waals surface area contributed by atoms with Gasteiger partial charge in [0.2, 0.25) is 0 Å². The zero-order valence-electron chi connectivity index (χ0n) is 9.61. The average molecular weight is 268 g/mol. The van der Waals surface area contributed by atoms with Crippen LogP contribution in [-0.4, -0.2) is 22.3 Å². The lowest BCUT2D eigenvalue weighted by atomic mass is 10.1. The van der Waals surface area contributed by atoms with Crippen molar-refractivity contribution in [3.8, 4) is 0 Å². The van der Waals surface area contributed by atoms with E-state index in [1.54, 1.807) is 0 Å². The molecule has 6 heteroatoms. The molecule has 0 spiro atoms. The first-order valence-corrected chi connectivity index (χ1v) is 6.26. The van der Waals surface area contributed by atoms with Gasteiger partial charge in [0.25, 0.3) is 0 Å². The molecule has 18 heavy (non-hydrogen) atoms. The second-order valence-corrected chi connectivity index (χ2v) is 4.86. The zero-order valence-corrected chi connectivity index (χ0v) is 10.4. The van der Waals surface area contributed by atoms with Gasteiger partial charge in [-0.2, -0.15) is 5.10 Å². The quantitative estimate of drug-likeness (QED) is 0.846. The summed E-state index contributed by atoms with van der Waals surface area (Å²) >= 11 is 1.27. The molecular formula is C12H10F2N2OS. The van der Waals surface area contributed by atoms with Gasteiger partial charge in [-0.25, -0.2) is 8.78 Å². The van der Waals surface area contributed by atoms with Gasteiger partial charge in [0.1, 0.15) is 10.8 Å². The third-order valence-corrected chi connectivity index (χ3v) is 3.42. The molecule has 94 valence electrons. The zero-order chi connectivity index (χ0) is 13.1. The first-order chi connectivity index (χ1) is 8.58. The van der Waals surface area contributed by atoms with E-state index in [2.05, 4.69) is 10.2 Å². The summed E-state index contributed by atoms with van der Waals surface area (Å²) in [4.78, 5) is 10.8. The predicted octanol–water partition coefficient (Wildman–Crippen LogP) is 2.79. The van der Waals surface area contributed by atoms with Crippen molar-refractivity contribution in [1.82, 2.24) is 0 Å². The van der Waals surface area contributed by atoms with Crippen molar-refractivity contribution < 1.29 is 13.6 Å². The Hall–Kier alpha value is -1.56. The molecule has 0 bridgehead atoms. The number of hydrogen-bond donors (Lipinski definition) is 0. The summed E-state index contributed by atoms with van der Waals surface area (Å²) in [6.45, 7) is 1.48. The molecule has 3 nitrogen and oxygen atoms in total. The van der Waals surface area contributed by atoms with Gasteiger partial charge in [0.05, 0.1) is 11.5 Å². The van der Waals surface area contributed by atoms with Crippen LogP contribution in [0.15, 0.2) is 28.4 Å². The number of carbonyl (C=O) groups excluding carboxylic acids is 1. The van der Waals surface area contributed by atoms with E-state index in [1.807, 2.05) is 0 Å². The van der Waals surface area contributed by atoms with Crippen molar-refractivity contribution in [1.29, 1.82) is 0 Å². The van der Waals surface area contributed by atoms with E-state index >= 15 is 0 Å².